The van der Waals surface area contributed by atoms with Gasteiger partial charge in [0.25, 0.3) is 11.8 Å². The molecule has 0 saturated carbocycles. The SMILES string of the molecule is C[C@@H](O)[C@H](NC(=O)c1ccc(C#Cc2ccc(NC(=O)CN3CCN(CCO)CC3)cc2)cc1)C(=O)NO. The largest absolute Gasteiger partial charge is 0.395 e. The average Bonchev–Trinajstić information content (AvgIpc) is 2.92. The molecule has 0 unspecified atom stereocenters. The monoisotopic (exact) mass is 523 g/mol. The van der Waals surface area contributed by atoms with E-state index < -0.39 is 24.0 Å². The van der Waals surface area contributed by atoms with Gasteiger partial charge >= 0.3 is 0 Å². The Bertz CT molecular complexity index is 1150. The van der Waals surface area contributed by atoms with E-state index in [1.807, 2.05) is 0 Å². The second kappa shape index (κ2) is 14.2. The summed E-state index contributed by atoms with van der Waals surface area (Å²) in [6, 6.07) is 12.3. The summed E-state index contributed by atoms with van der Waals surface area (Å²) in [5.74, 6) is 4.45. The van der Waals surface area contributed by atoms with Gasteiger partial charge in [0.15, 0.2) is 0 Å². The molecule has 202 valence electrons. The maximum atomic E-state index is 12.4. The summed E-state index contributed by atoms with van der Waals surface area (Å²) in [7, 11) is 0. The van der Waals surface area contributed by atoms with Gasteiger partial charge in [-0.05, 0) is 55.5 Å². The number of nitrogens with zero attached hydrogens (tertiary/aromatic N) is 2. The van der Waals surface area contributed by atoms with E-state index in [9.17, 15) is 19.5 Å². The highest BCUT2D eigenvalue weighted by Crippen LogP contribution is 2.10. The van der Waals surface area contributed by atoms with Gasteiger partial charge in [-0.2, -0.15) is 0 Å². The summed E-state index contributed by atoms with van der Waals surface area (Å²) in [5.41, 5.74) is 3.77. The first-order valence-corrected chi connectivity index (χ1v) is 12.3. The standard InChI is InChI=1S/C27H33N5O6/c1-19(34)25(27(37)30-38)29-26(36)22-8-4-20(5-9-22)2-3-21-6-10-23(11-7-21)28-24(35)18-32-14-12-31(13-15-32)16-17-33/h4-11,19,25,33-34,38H,12-18H2,1H3,(H,28,35)(H,29,36)(H,30,37)/t19-,25+/m1/s1. The Balaban J connectivity index is 1.50. The molecule has 38 heavy (non-hydrogen) atoms. The minimum absolute atomic E-state index is 0.0830. The van der Waals surface area contributed by atoms with Crippen LogP contribution in [-0.4, -0.2) is 101 Å². The van der Waals surface area contributed by atoms with Gasteiger partial charge < -0.3 is 20.8 Å². The number of aliphatic hydroxyl groups is 2. The summed E-state index contributed by atoms with van der Waals surface area (Å²) in [6.45, 7) is 5.70. The summed E-state index contributed by atoms with van der Waals surface area (Å²) < 4.78 is 0. The van der Waals surface area contributed by atoms with Crippen molar-refractivity contribution in [3.05, 3.63) is 65.2 Å². The highest BCUT2D eigenvalue weighted by Gasteiger charge is 2.25. The number of hydroxylamine groups is 1. The van der Waals surface area contributed by atoms with Crippen molar-refractivity contribution in [1.29, 1.82) is 0 Å². The topological polar surface area (TPSA) is 154 Å². The third-order valence-corrected chi connectivity index (χ3v) is 6.08. The molecule has 3 rings (SSSR count). The lowest BCUT2D eigenvalue weighted by molar-refractivity contribution is -0.133. The third-order valence-electron chi connectivity index (χ3n) is 6.08. The smallest absolute Gasteiger partial charge is 0.268 e. The van der Waals surface area contributed by atoms with Crippen LogP contribution in [0.25, 0.3) is 0 Å². The van der Waals surface area contributed by atoms with Crippen molar-refractivity contribution in [3.8, 4) is 11.8 Å². The molecule has 2 aromatic rings. The number of anilines is 1. The van der Waals surface area contributed by atoms with Gasteiger partial charge in [0.2, 0.25) is 5.91 Å². The van der Waals surface area contributed by atoms with Crippen molar-refractivity contribution in [2.24, 2.45) is 0 Å². The highest BCUT2D eigenvalue weighted by atomic mass is 16.5. The lowest BCUT2D eigenvalue weighted by atomic mass is 10.1. The molecule has 1 aliphatic rings. The van der Waals surface area contributed by atoms with Crippen molar-refractivity contribution in [3.63, 3.8) is 0 Å². The van der Waals surface area contributed by atoms with Gasteiger partial charge in [-0.3, -0.25) is 29.4 Å². The predicted octanol–water partition coefficient (Wildman–Crippen LogP) is -0.381. The zero-order valence-corrected chi connectivity index (χ0v) is 21.2. The van der Waals surface area contributed by atoms with Crippen LogP contribution in [0.5, 0.6) is 0 Å². The van der Waals surface area contributed by atoms with Crippen molar-refractivity contribution in [2.45, 2.75) is 19.1 Å². The van der Waals surface area contributed by atoms with Crippen LogP contribution in [0.2, 0.25) is 0 Å². The molecule has 1 fully saturated rings. The maximum absolute atomic E-state index is 12.4. The van der Waals surface area contributed by atoms with E-state index in [4.69, 9.17) is 10.3 Å². The first-order chi connectivity index (χ1) is 18.3. The molecule has 1 aliphatic heterocycles. The van der Waals surface area contributed by atoms with Crippen LogP contribution in [0.4, 0.5) is 5.69 Å². The molecular weight excluding hydrogens is 490 g/mol. The lowest BCUT2D eigenvalue weighted by Crippen LogP contribution is -2.51. The summed E-state index contributed by atoms with van der Waals surface area (Å²) >= 11 is 0. The Morgan fingerprint density at radius 3 is 2.00 bits per heavy atom. The molecule has 6 N–H and O–H groups in total. The van der Waals surface area contributed by atoms with Crippen molar-refractivity contribution >= 4 is 23.4 Å². The van der Waals surface area contributed by atoms with Crippen LogP contribution >= 0.6 is 0 Å². The molecular formula is C27H33N5O6. The minimum atomic E-state index is -1.30. The molecule has 0 aliphatic carbocycles. The molecule has 0 radical (unpaired) electrons. The molecule has 3 amide bonds. The zero-order valence-electron chi connectivity index (χ0n) is 21.2. The number of piperazine rings is 1. The molecule has 2 atom stereocenters. The van der Waals surface area contributed by atoms with Crippen LogP contribution in [-0.2, 0) is 9.59 Å². The van der Waals surface area contributed by atoms with Crippen LogP contribution in [0.3, 0.4) is 0 Å². The number of rotatable bonds is 9. The fraction of sp³-hybridized carbons (Fsp3) is 0.370. The third kappa shape index (κ3) is 8.65. The Labute approximate surface area is 221 Å². The number of amides is 3. The number of carbonyl (C=O) groups excluding carboxylic acids is 3. The molecule has 11 nitrogen and oxygen atoms in total. The van der Waals surface area contributed by atoms with Gasteiger partial charge in [0, 0.05) is 55.1 Å². The average molecular weight is 524 g/mol. The fourth-order valence-electron chi connectivity index (χ4n) is 3.90. The van der Waals surface area contributed by atoms with Gasteiger partial charge in [-0.25, -0.2) is 5.48 Å². The van der Waals surface area contributed by atoms with Crippen molar-refractivity contribution < 1.29 is 29.8 Å². The van der Waals surface area contributed by atoms with E-state index in [1.54, 1.807) is 48.5 Å². The van der Waals surface area contributed by atoms with Gasteiger partial charge in [-0.15, -0.1) is 0 Å². The number of aliphatic hydroxyl groups excluding tert-OH is 2. The molecule has 2 aromatic carbocycles. The molecule has 1 saturated heterocycles. The van der Waals surface area contributed by atoms with E-state index in [-0.39, 0.29) is 18.1 Å². The molecule has 0 spiro atoms. The van der Waals surface area contributed by atoms with Crippen LogP contribution < -0.4 is 16.1 Å². The number of carbonyl (C=O) groups is 3. The van der Waals surface area contributed by atoms with Crippen molar-refractivity contribution in [1.82, 2.24) is 20.6 Å². The number of β-amino-alcohol motifs (C(OH)–C–C–N with tert-alkyl or cyclic N) is 1. The van der Waals surface area contributed by atoms with E-state index in [0.29, 0.717) is 24.3 Å². The van der Waals surface area contributed by atoms with Crippen molar-refractivity contribution in [2.75, 3.05) is 51.2 Å². The minimum Gasteiger partial charge on any atom is -0.395 e. The second-order valence-corrected chi connectivity index (χ2v) is 8.96. The van der Waals surface area contributed by atoms with Crippen LogP contribution in [0, 0.1) is 11.8 Å². The Morgan fingerprint density at radius 1 is 0.921 bits per heavy atom. The van der Waals surface area contributed by atoms with Crippen LogP contribution in [0.1, 0.15) is 28.4 Å². The molecule has 11 heteroatoms. The number of nitrogens with one attached hydrogen (secondary N) is 3. The normalized spacial score (nSPS) is 15.5. The van der Waals surface area contributed by atoms with E-state index >= 15 is 0 Å². The number of benzene rings is 2. The quantitative estimate of drug-likeness (QED) is 0.148. The van der Waals surface area contributed by atoms with E-state index in [0.717, 1.165) is 31.7 Å². The predicted molar refractivity (Wildman–Crippen MR) is 140 cm³/mol. The highest BCUT2D eigenvalue weighted by molar-refractivity contribution is 5.97. The number of hydrogen-bond donors (Lipinski definition) is 6. The molecule has 0 aromatic heterocycles. The fourth-order valence-corrected chi connectivity index (χ4v) is 3.90. The summed E-state index contributed by atoms with van der Waals surface area (Å²) in [4.78, 5) is 40.6. The van der Waals surface area contributed by atoms with E-state index in [2.05, 4.69) is 32.3 Å². The maximum Gasteiger partial charge on any atom is 0.268 e. The Morgan fingerprint density at radius 2 is 1.47 bits per heavy atom. The summed E-state index contributed by atoms with van der Waals surface area (Å²) in [5, 5.41) is 32.7. The van der Waals surface area contributed by atoms with Gasteiger partial charge in [-0.1, -0.05) is 11.8 Å². The zero-order chi connectivity index (χ0) is 27.5. The second-order valence-electron chi connectivity index (χ2n) is 8.96. The first-order valence-electron chi connectivity index (χ1n) is 12.3. The Kier molecular flexibility index (Phi) is 10.8. The van der Waals surface area contributed by atoms with Gasteiger partial charge in [0.05, 0.1) is 19.3 Å². The van der Waals surface area contributed by atoms with E-state index in [1.165, 1.54) is 12.4 Å². The molecule has 1 heterocycles. The summed E-state index contributed by atoms with van der Waals surface area (Å²) in [6.07, 6.45) is -1.20. The number of hydrogen-bond acceptors (Lipinski definition) is 8. The molecule has 0 bridgehead atoms. The van der Waals surface area contributed by atoms with Gasteiger partial charge in [0.1, 0.15) is 6.04 Å². The lowest BCUT2D eigenvalue weighted by Gasteiger charge is -2.33. The Hall–Kier alpha value is -3.79. The first kappa shape index (κ1) is 28.8. The van der Waals surface area contributed by atoms with Crippen LogP contribution in [0.15, 0.2) is 48.5 Å².